The highest BCUT2D eigenvalue weighted by Gasteiger charge is 2.06. The summed E-state index contributed by atoms with van der Waals surface area (Å²) in [5.41, 5.74) is 3.32. The zero-order valence-corrected chi connectivity index (χ0v) is 10.6. The van der Waals surface area contributed by atoms with Crippen LogP contribution in [0.4, 0.5) is 5.95 Å². The predicted molar refractivity (Wildman–Crippen MR) is 67.9 cm³/mol. The number of nitrogens with zero attached hydrogens (tertiary/aromatic N) is 3. The van der Waals surface area contributed by atoms with Gasteiger partial charge >= 0.3 is 0 Å². The second-order valence-electron chi connectivity index (χ2n) is 4.27. The molecule has 2 heterocycles. The van der Waals surface area contributed by atoms with Gasteiger partial charge in [0.15, 0.2) is 0 Å². The molecule has 17 heavy (non-hydrogen) atoms. The predicted octanol–water partition coefficient (Wildman–Crippen LogP) is 2.25. The van der Waals surface area contributed by atoms with Gasteiger partial charge in [0.05, 0.1) is 11.9 Å². The fourth-order valence-electron chi connectivity index (χ4n) is 1.83. The standard InChI is InChI=1S/C12H19N5/c1-4-5-17-8-9(2)15-12(17)13-6-11-7-14-16-10(11)3/h7-8H,4-6H2,1-3H3,(H,13,15)(H,14,16). The van der Waals surface area contributed by atoms with Gasteiger partial charge in [-0.3, -0.25) is 5.10 Å². The van der Waals surface area contributed by atoms with E-state index in [4.69, 9.17) is 0 Å². The van der Waals surface area contributed by atoms with E-state index in [-0.39, 0.29) is 0 Å². The topological polar surface area (TPSA) is 58.5 Å². The van der Waals surface area contributed by atoms with Gasteiger partial charge in [-0.05, 0) is 20.3 Å². The van der Waals surface area contributed by atoms with Crippen LogP contribution in [0.15, 0.2) is 12.4 Å². The van der Waals surface area contributed by atoms with E-state index in [0.717, 1.165) is 36.8 Å². The Bertz CT molecular complexity index is 483. The Balaban J connectivity index is 2.05. The fraction of sp³-hybridized carbons (Fsp3) is 0.500. The maximum absolute atomic E-state index is 4.48. The van der Waals surface area contributed by atoms with Crippen molar-refractivity contribution in [1.29, 1.82) is 0 Å². The van der Waals surface area contributed by atoms with Gasteiger partial charge in [-0.25, -0.2) is 4.98 Å². The maximum atomic E-state index is 4.48. The first-order chi connectivity index (χ1) is 8.20. The van der Waals surface area contributed by atoms with Gasteiger partial charge in [-0.2, -0.15) is 5.10 Å². The molecule has 5 nitrogen and oxygen atoms in total. The summed E-state index contributed by atoms with van der Waals surface area (Å²) in [7, 11) is 0. The molecule has 0 saturated heterocycles. The van der Waals surface area contributed by atoms with Gasteiger partial charge < -0.3 is 9.88 Å². The number of aryl methyl sites for hydroxylation is 3. The van der Waals surface area contributed by atoms with Crippen LogP contribution in [-0.4, -0.2) is 19.7 Å². The first-order valence-corrected chi connectivity index (χ1v) is 5.97. The van der Waals surface area contributed by atoms with E-state index in [9.17, 15) is 0 Å². The van der Waals surface area contributed by atoms with Crippen molar-refractivity contribution in [2.45, 2.75) is 40.3 Å². The highest BCUT2D eigenvalue weighted by Crippen LogP contribution is 2.11. The Morgan fingerprint density at radius 2 is 2.24 bits per heavy atom. The Morgan fingerprint density at radius 3 is 2.88 bits per heavy atom. The molecule has 0 bridgehead atoms. The van der Waals surface area contributed by atoms with Crippen LogP contribution in [0.5, 0.6) is 0 Å². The molecule has 0 unspecified atom stereocenters. The second-order valence-corrected chi connectivity index (χ2v) is 4.27. The Kier molecular flexibility index (Phi) is 3.46. The van der Waals surface area contributed by atoms with Crippen molar-refractivity contribution >= 4 is 5.95 Å². The molecule has 0 amide bonds. The van der Waals surface area contributed by atoms with Crippen LogP contribution in [0.1, 0.15) is 30.3 Å². The highest BCUT2D eigenvalue weighted by atomic mass is 15.2. The molecule has 0 radical (unpaired) electrons. The molecule has 2 aromatic heterocycles. The lowest BCUT2D eigenvalue weighted by atomic mass is 10.3. The van der Waals surface area contributed by atoms with Crippen LogP contribution in [0.3, 0.4) is 0 Å². The molecule has 0 spiro atoms. The first-order valence-electron chi connectivity index (χ1n) is 5.97. The summed E-state index contributed by atoms with van der Waals surface area (Å²) in [4.78, 5) is 4.48. The first kappa shape index (κ1) is 11.7. The molecule has 0 aliphatic carbocycles. The summed E-state index contributed by atoms with van der Waals surface area (Å²) in [6.07, 6.45) is 5.03. The van der Waals surface area contributed by atoms with Gasteiger partial charge in [0, 0.05) is 30.5 Å². The molecule has 5 heteroatoms. The average Bonchev–Trinajstić information content (AvgIpc) is 2.83. The molecule has 0 aliphatic heterocycles. The van der Waals surface area contributed by atoms with E-state index in [1.165, 1.54) is 5.56 Å². The molecule has 2 N–H and O–H groups in total. The van der Waals surface area contributed by atoms with Gasteiger partial charge in [0.1, 0.15) is 0 Å². The largest absolute Gasteiger partial charge is 0.351 e. The molecule has 0 fully saturated rings. The lowest BCUT2D eigenvalue weighted by molar-refractivity contribution is 0.681. The van der Waals surface area contributed by atoms with Crippen molar-refractivity contribution in [2.24, 2.45) is 0 Å². The van der Waals surface area contributed by atoms with Crippen LogP contribution >= 0.6 is 0 Å². The molecule has 2 aromatic rings. The highest BCUT2D eigenvalue weighted by molar-refractivity contribution is 5.31. The van der Waals surface area contributed by atoms with Crippen molar-refractivity contribution in [2.75, 3.05) is 5.32 Å². The normalized spacial score (nSPS) is 10.8. The van der Waals surface area contributed by atoms with Gasteiger partial charge in [-0.1, -0.05) is 6.92 Å². The number of hydrogen-bond acceptors (Lipinski definition) is 3. The molecular weight excluding hydrogens is 214 g/mol. The molecule has 0 aromatic carbocycles. The van der Waals surface area contributed by atoms with Crippen molar-refractivity contribution in [3.63, 3.8) is 0 Å². The van der Waals surface area contributed by atoms with E-state index in [1.54, 1.807) is 0 Å². The summed E-state index contributed by atoms with van der Waals surface area (Å²) in [6, 6.07) is 0. The average molecular weight is 233 g/mol. The van der Waals surface area contributed by atoms with Crippen LogP contribution < -0.4 is 5.32 Å². The third kappa shape index (κ3) is 2.67. The Morgan fingerprint density at radius 1 is 1.41 bits per heavy atom. The lowest BCUT2D eigenvalue weighted by Gasteiger charge is -2.08. The zero-order chi connectivity index (χ0) is 12.3. The third-order valence-electron chi connectivity index (χ3n) is 2.73. The number of rotatable bonds is 5. The molecule has 92 valence electrons. The minimum atomic E-state index is 0.752. The zero-order valence-electron chi connectivity index (χ0n) is 10.6. The minimum absolute atomic E-state index is 0.752. The number of imidazole rings is 1. The number of hydrogen-bond donors (Lipinski definition) is 2. The Hall–Kier alpha value is -1.78. The number of anilines is 1. The van der Waals surface area contributed by atoms with E-state index in [2.05, 4.69) is 38.2 Å². The van der Waals surface area contributed by atoms with Crippen molar-refractivity contribution < 1.29 is 0 Å². The van der Waals surface area contributed by atoms with Crippen molar-refractivity contribution in [3.05, 3.63) is 29.3 Å². The Labute approximate surface area is 101 Å². The van der Waals surface area contributed by atoms with Gasteiger partial charge in [0.25, 0.3) is 0 Å². The lowest BCUT2D eigenvalue weighted by Crippen LogP contribution is -2.07. The monoisotopic (exact) mass is 233 g/mol. The molecule has 0 aliphatic rings. The van der Waals surface area contributed by atoms with E-state index in [0.29, 0.717) is 0 Å². The van der Waals surface area contributed by atoms with E-state index in [1.807, 2.05) is 20.0 Å². The number of aromatic nitrogens is 4. The van der Waals surface area contributed by atoms with Crippen molar-refractivity contribution in [3.8, 4) is 0 Å². The van der Waals surface area contributed by atoms with E-state index >= 15 is 0 Å². The van der Waals surface area contributed by atoms with E-state index < -0.39 is 0 Å². The SMILES string of the molecule is CCCn1cc(C)nc1NCc1cn[nH]c1C. The minimum Gasteiger partial charge on any atom is -0.351 e. The molecule has 2 rings (SSSR count). The smallest absolute Gasteiger partial charge is 0.203 e. The second kappa shape index (κ2) is 5.03. The molecule has 0 saturated carbocycles. The van der Waals surface area contributed by atoms with Crippen molar-refractivity contribution in [1.82, 2.24) is 19.7 Å². The summed E-state index contributed by atoms with van der Waals surface area (Å²) >= 11 is 0. The van der Waals surface area contributed by atoms with Gasteiger partial charge in [-0.15, -0.1) is 0 Å². The van der Waals surface area contributed by atoms with Gasteiger partial charge in [0.2, 0.25) is 5.95 Å². The molecule has 0 atom stereocenters. The van der Waals surface area contributed by atoms with Crippen LogP contribution in [-0.2, 0) is 13.1 Å². The summed E-state index contributed by atoms with van der Waals surface area (Å²) in [5.74, 6) is 0.935. The summed E-state index contributed by atoms with van der Waals surface area (Å²) in [5, 5.41) is 10.3. The van der Waals surface area contributed by atoms with Crippen LogP contribution in [0, 0.1) is 13.8 Å². The number of aromatic amines is 1. The summed E-state index contributed by atoms with van der Waals surface area (Å²) < 4.78 is 2.16. The number of nitrogens with one attached hydrogen (secondary N) is 2. The number of H-pyrrole nitrogens is 1. The molecular formula is C12H19N5. The van der Waals surface area contributed by atoms with Crippen LogP contribution in [0.25, 0.3) is 0 Å². The maximum Gasteiger partial charge on any atom is 0.203 e. The fourth-order valence-corrected chi connectivity index (χ4v) is 1.83. The summed E-state index contributed by atoms with van der Waals surface area (Å²) in [6.45, 7) is 7.95. The quantitative estimate of drug-likeness (QED) is 0.832. The third-order valence-corrected chi connectivity index (χ3v) is 2.73. The van der Waals surface area contributed by atoms with Crippen LogP contribution in [0.2, 0.25) is 0 Å².